The largest absolute Gasteiger partial charge is 0.493 e. The van der Waals surface area contributed by atoms with Crippen molar-refractivity contribution in [1.82, 2.24) is 15.2 Å². The van der Waals surface area contributed by atoms with Crippen molar-refractivity contribution >= 4 is 40.8 Å². The lowest BCUT2D eigenvalue weighted by atomic mass is 10.1. The second kappa shape index (κ2) is 11.7. The van der Waals surface area contributed by atoms with Crippen molar-refractivity contribution in [3.8, 4) is 11.5 Å². The summed E-state index contributed by atoms with van der Waals surface area (Å²) < 4.78 is 10.7. The molecule has 0 amide bonds. The lowest BCUT2D eigenvalue weighted by Gasteiger charge is -2.22. The third-order valence-corrected chi connectivity index (χ3v) is 5.11. The van der Waals surface area contributed by atoms with Crippen molar-refractivity contribution in [3.05, 3.63) is 59.8 Å². The van der Waals surface area contributed by atoms with Crippen LogP contribution >= 0.6 is 24.0 Å². The SMILES string of the molecule is CN=C(NCCc1c[nH]c2ccccc12)N(C)CCc1ccc(OC)c(OC)c1.I. The highest BCUT2D eigenvalue weighted by molar-refractivity contribution is 14.0. The zero-order valence-electron chi connectivity index (χ0n) is 18.1. The van der Waals surface area contributed by atoms with Crippen molar-refractivity contribution in [2.75, 3.05) is 41.4 Å². The summed E-state index contributed by atoms with van der Waals surface area (Å²) in [6.07, 6.45) is 3.92. The van der Waals surface area contributed by atoms with Gasteiger partial charge in [0, 0.05) is 44.3 Å². The minimum Gasteiger partial charge on any atom is -0.493 e. The van der Waals surface area contributed by atoms with E-state index in [4.69, 9.17) is 9.47 Å². The molecule has 30 heavy (non-hydrogen) atoms. The van der Waals surface area contributed by atoms with Gasteiger partial charge in [-0.2, -0.15) is 0 Å². The third-order valence-electron chi connectivity index (χ3n) is 5.11. The predicted molar refractivity (Wildman–Crippen MR) is 135 cm³/mol. The van der Waals surface area contributed by atoms with Crippen LogP contribution in [0.15, 0.2) is 53.7 Å². The fourth-order valence-corrected chi connectivity index (χ4v) is 3.47. The van der Waals surface area contributed by atoms with Crippen molar-refractivity contribution in [2.24, 2.45) is 4.99 Å². The molecule has 2 N–H and O–H groups in total. The zero-order valence-corrected chi connectivity index (χ0v) is 20.4. The van der Waals surface area contributed by atoms with Gasteiger partial charge < -0.3 is 24.7 Å². The number of ether oxygens (including phenoxy) is 2. The molecule has 3 aromatic rings. The zero-order chi connectivity index (χ0) is 20.6. The summed E-state index contributed by atoms with van der Waals surface area (Å²) in [6.45, 7) is 1.68. The number of guanidine groups is 1. The van der Waals surface area contributed by atoms with Gasteiger partial charge in [-0.1, -0.05) is 24.3 Å². The van der Waals surface area contributed by atoms with Crippen molar-refractivity contribution in [3.63, 3.8) is 0 Å². The van der Waals surface area contributed by atoms with Crippen LogP contribution in [-0.2, 0) is 12.8 Å². The smallest absolute Gasteiger partial charge is 0.193 e. The number of fused-ring (bicyclic) bond motifs is 1. The maximum atomic E-state index is 5.39. The Labute approximate surface area is 195 Å². The molecule has 0 fully saturated rings. The van der Waals surface area contributed by atoms with Crippen molar-refractivity contribution < 1.29 is 9.47 Å². The van der Waals surface area contributed by atoms with E-state index in [9.17, 15) is 0 Å². The molecule has 0 atom stereocenters. The number of para-hydroxylation sites is 1. The van der Waals surface area contributed by atoms with Crippen LogP contribution in [0, 0.1) is 0 Å². The number of halogens is 1. The van der Waals surface area contributed by atoms with Gasteiger partial charge in [0.2, 0.25) is 0 Å². The number of hydrogen-bond acceptors (Lipinski definition) is 3. The highest BCUT2D eigenvalue weighted by atomic mass is 127. The molecular formula is C23H31IN4O2. The van der Waals surface area contributed by atoms with Crippen molar-refractivity contribution in [2.45, 2.75) is 12.8 Å². The molecule has 1 heterocycles. The topological polar surface area (TPSA) is 61.9 Å². The molecule has 0 unspecified atom stereocenters. The number of nitrogens with zero attached hydrogens (tertiary/aromatic N) is 2. The van der Waals surface area contributed by atoms with Crippen LogP contribution in [0.4, 0.5) is 0 Å². The van der Waals surface area contributed by atoms with E-state index in [1.807, 2.05) is 19.2 Å². The molecule has 6 nitrogen and oxygen atoms in total. The Morgan fingerprint density at radius 1 is 1.07 bits per heavy atom. The summed E-state index contributed by atoms with van der Waals surface area (Å²) in [7, 11) is 7.19. The molecule has 7 heteroatoms. The molecule has 0 aliphatic carbocycles. The first kappa shape index (κ1) is 23.9. The summed E-state index contributed by atoms with van der Waals surface area (Å²) in [5.74, 6) is 2.40. The Morgan fingerprint density at radius 3 is 2.57 bits per heavy atom. The first-order chi connectivity index (χ1) is 14.2. The van der Waals surface area contributed by atoms with Gasteiger partial charge >= 0.3 is 0 Å². The van der Waals surface area contributed by atoms with Crippen LogP contribution in [0.1, 0.15) is 11.1 Å². The first-order valence-corrected chi connectivity index (χ1v) is 9.84. The lowest BCUT2D eigenvalue weighted by Crippen LogP contribution is -2.40. The Hall–Kier alpha value is -2.42. The number of nitrogens with one attached hydrogen (secondary N) is 2. The number of rotatable bonds is 8. The van der Waals surface area contributed by atoms with E-state index in [1.54, 1.807) is 14.2 Å². The van der Waals surface area contributed by atoms with Gasteiger partial charge in [-0.15, -0.1) is 24.0 Å². The summed E-state index contributed by atoms with van der Waals surface area (Å²) in [4.78, 5) is 9.90. The highest BCUT2D eigenvalue weighted by Gasteiger charge is 2.09. The van der Waals surface area contributed by atoms with E-state index in [0.29, 0.717) is 0 Å². The van der Waals surface area contributed by atoms with Gasteiger partial charge in [0.25, 0.3) is 0 Å². The van der Waals surface area contributed by atoms with E-state index in [0.717, 1.165) is 43.4 Å². The quantitative estimate of drug-likeness (QED) is 0.266. The number of benzene rings is 2. The van der Waals surface area contributed by atoms with Crippen molar-refractivity contribution in [1.29, 1.82) is 0 Å². The number of aromatic amines is 1. The van der Waals surface area contributed by atoms with Gasteiger partial charge in [0.05, 0.1) is 14.2 Å². The van der Waals surface area contributed by atoms with Crippen LogP contribution in [-0.4, -0.2) is 57.2 Å². The molecule has 0 bridgehead atoms. The summed E-state index contributed by atoms with van der Waals surface area (Å²) in [5.41, 5.74) is 3.69. The van der Waals surface area contributed by atoms with E-state index in [2.05, 4.69) is 63.8 Å². The van der Waals surface area contributed by atoms with Crippen LogP contribution in [0.5, 0.6) is 11.5 Å². The van der Waals surface area contributed by atoms with E-state index >= 15 is 0 Å². The highest BCUT2D eigenvalue weighted by Crippen LogP contribution is 2.27. The maximum Gasteiger partial charge on any atom is 0.193 e. The maximum absolute atomic E-state index is 5.39. The minimum atomic E-state index is 0. The molecule has 0 aliphatic heterocycles. The summed E-state index contributed by atoms with van der Waals surface area (Å²) in [5, 5.41) is 4.75. The number of methoxy groups -OCH3 is 2. The van der Waals surface area contributed by atoms with Crippen LogP contribution in [0.2, 0.25) is 0 Å². The molecule has 162 valence electrons. The minimum absolute atomic E-state index is 0. The van der Waals surface area contributed by atoms with Gasteiger partial charge in [0.15, 0.2) is 17.5 Å². The normalized spacial score (nSPS) is 11.1. The Kier molecular flexibility index (Phi) is 9.29. The number of aromatic nitrogens is 1. The second-order valence-corrected chi connectivity index (χ2v) is 6.94. The third kappa shape index (κ3) is 5.81. The van der Waals surface area contributed by atoms with E-state index in [1.165, 1.54) is 22.0 Å². The average Bonchev–Trinajstić information content (AvgIpc) is 3.18. The fraction of sp³-hybridized carbons (Fsp3) is 0.348. The molecule has 0 radical (unpaired) electrons. The number of H-pyrrole nitrogens is 1. The standard InChI is InChI=1S/C23H30N4O2.HI/c1-24-23(25-13-11-18-16-26-20-8-6-5-7-19(18)20)27(2)14-12-17-9-10-21(28-3)22(15-17)29-4;/h5-10,15-16,26H,11-14H2,1-4H3,(H,24,25);1H. The lowest BCUT2D eigenvalue weighted by molar-refractivity contribution is 0.354. The van der Waals surface area contributed by atoms with Gasteiger partial charge in [-0.05, 0) is 42.2 Å². The Balaban J connectivity index is 0.00000320. The molecule has 2 aromatic carbocycles. The van der Waals surface area contributed by atoms with Gasteiger partial charge in [-0.25, -0.2) is 0 Å². The molecule has 0 saturated carbocycles. The summed E-state index contributed by atoms with van der Waals surface area (Å²) in [6, 6.07) is 14.4. The predicted octanol–water partition coefficient (Wildman–Crippen LogP) is 4.10. The molecule has 0 spiro atoms. The molecule has 0 saturated heterocycles. The Morgan fingerprint density at radius 2 is 1.83 bits per heavy atom. The van der Waals surface area contributed by atoms with Gasteiger partial charge in [0.1, 0.15) is 0 Å². The number of likely N-dealkylation sites (N-methyl/N-ethyl adjacent to an activating group) is 1. The van der Waals surface area contributed by atoms with E-state index < -0.39 is 0 Å². The second-order valence-electron chi connectivity index (χ2n) is 6.94. The van der Waals surface area contributed by atoms with Gasteiger partial charge in [-0.3, -0.25) is 4.99 Å². The number of hydrogen-bond donors (Lipinski definition) is 2. The monoisotopic (exact) mass is 522 g/mol. The molecular weight excluding hydrogens is 491 g/mol. The fourth-order valence-electron chi connectivity index (χ4n) is 3.47. The Bertz CT molecular complexity index is 971. The average molecular weight is 522 g/mol. The number of aliphatic imine (C=N–C) groups is 1. The van der Waals surface area contributed by atoms with Crippen LogP contribution in [0.25, 0.3) is 10.9 Å². The molecule has 1 aromatic heterocycles. The van der Waals surface area contributed by atoms with E-state index in [-0.39, 0.29) is 24.0 Å². The molecule has 0 aliphatic rings. The molecule has 3 rings (SSSR count). The first-order valence-electron chi connectivity index (χ1n) is 9.84. The summed E-state index contributed by atoms with van der Waals surface area (Å²) >= 11 is 0. The van der Waals surface area contributed by atoms with Crippen LogP contribution in [0.3, 0.4) is 0 Å². The van der Waals surface area contributed by atoms with Crippen LogP contribution < -0.4 is 14.8 Å².